The summed E-state index contributed by atoms with van der Waals surface area (Å²) in [6.45, 7) is 5.15. The Bertz CT molecular complexity index is 1130. The van der Waals surface area contributed by atoms with Gasteiger partial charge in [-0.2, -0.15) is 0 Å². The molecule has 0 saturated carbocycles. The zero-order chi connectivity index (χ0) is 20.6. The molecule has 1 N–H and O–H groups in total. The van der Waals surface area contributed by atoms with Gasteiger partial charge in [-0.05, 0) is 24.6 Å². The van der Waals surface area contributed by atoms with E-state index in [1.165, 1.54) is 42.9 Å². The zero-order valence-electron chi connectivity index (χ0n) is 15.8. The number of nitrogens with one attached hydrogen (secondary N) is 1. The molecule has 0 spiro atoms. The van der Waals surface area contributed by atoms with E-state index in [9.17, 15) is 18.8 Å². The van der Waals surface area contributed by atoms with Crippen LogP contribution in [0.5, 0.6) is 0 Å². The molecule has 1 aliphatic rings. The summed E-state index contributed by atoms with van der Waals surface area (Å²) in [5.74, 6) is -1.79. The van der Waals surface area contributed by atoms with Crippen molar-refractivity contribution in [2.24, 2.45) is 14.1 Å². The topological polar surface area (TPSA) is 82.3 Å². The number of hydrogen-bond donors (Lipinski definition) is 1. The van der Waals surface area contributed by atoms with Crippen molar-refractivity contribution < 1.29 is 13.9 Å². The average molecular weight is 385 g/mol. The van der Waals surface area contributed by atoms with Crippen molar-refractivity contribution >= 4 is 11.8 Å². The van der Waals surface area contributed by atoms with E-state index in [1.54, 1.807) is 13.0 Å². The molecule has 0 aliphatic carbocycles. The lowest BCUT2D eigenvalue weighted by Gasteiger charge is -2.30. The van der Waals surface area contributed by atoms with Crippen LogP contribution in [0.15, 0.2) is 57.8 Å². The van der Waals surface area contributed by atoms with Crippen LogP contribution in [0.4, 0.5) is 10.2 Å². The number of esters is 1. The fraction of sp³-hybridized carbons (Fsp3) is 0.250. The maximum atomic E-state index is 13.9. The van der Waals surface area contributed by atoms with Gasteiger partial charge in [0, 0.05) is 19.8 Å². The summed E-state index contributed by atoms with van der Waals surface area (Å²) in [6, 6.07) is 5.66. The molecular formula is C20H20FN3O4. The fourth-order valence-corrected chi connectivity index (χ4v) is 3.39. The lowest BCUT2D eigenvalue weighted by atomic mass is 9.82. The fourth-order valence-electron chi connectivity index (χ4n) is 3.39. The highest BCUT2D eigenvalue weighted by molar-refractivity contribution is 5.94. The molecule has 3 rings (SSSR count). The normalized spacial score (nSPS) is 15.6. The smallest absolute Gasteiger partial charge is 0.337 e. The van der Waals surface area contributed by atoms with Crippen LogP contribution in [0.2, 0.25) is 0 Å². The first-order chi connectivity index (χ1) is 13.3. The Hall–Kier alpha value is -3.42. The van der Waals surface area contributed by atoms with Crippen LogP contribution in [-0.2, 0) is 23.6 Å². The number of halogens is 1. The van der Waals surface area contributed by atoms with Crippen LogP contribution >= 0.6 is 0 Å². The van der Waals surface area contributed by atoms with Gasteiger partial charge in [0.1, 0.15) is 18.2 Å². The van der Waals surface area contributed by atoms with Crippen LogP contribution in [-0.4, -0.2) is 21.7 Å². The quantitative estimate of drug-likeness (QED) is 0.641. The first-order valence-corrected chi connectivity index (χ1v) is 8.59. The van der Waals surface area contributed by atoms with Crippen LogP contribution in [0.3, 0.4) is 0 Å². The lowest BCUT2D eigenvalue weighted by molar-refractivity contribution is -0.138. The van der Waals surface area contributed by atoms with E-state index in [4.69, 9.17) is 4.74 Å². The van der Waals surface area contributed by atoms with Gasteiger partial charge in [-0.1, -0.05) is 24.8 Å². The number of nitrogens with zero attached hydrogens (tertiary/aromatic N) is 2. The molecule has 2 aromatic rings. The number of hydrogen-bond acceptors (Lipinski definition) is 5. The second-order valence-corrected chi connectivity index (χ2v) is 6.51. The number of rotatable bonds is 4. The summed E-state index contributed by atoms with van der Waals surface area (Å²) in [5.41, 5.74) is 0.0886. The molecule has 0 fully saturated rings. The van der Waals surface area contributed by atoms with Gasteiger partial charge in [0.2, 0.25) is 0 Å². The average Bonchev–Trinajstić information content (AvgIpc) is 2.67. The number of carbonyl (C=O) groups is 1. The monoisotopic (exact) mass is 385 g/mol. The van der Waals surface area contributed by atoms with Gasteiger partial charge in [-0.15, -0.1) is 0 Å². The van der Waals surface area contributed by atoms with E-state index in [1.807, 2.05) is 0 Å². The molecule has 1 aromatic carbocycles. The Balaban J connectivity index is 2.35. The van der Waals surface area contributed by atoms with E-state index >= 15 is 0 Å². The van der Waals surface area contributed by atoms with E-state index in [0.29, 0.717) is 11.3 Å². The van der Waals surface area contributed by atoms with Crippen LogP contribution in [0, 0.1) is 5.82 Å². The third kappa shape index (κ3) is 3.06. The molecule has 0 saturated heterocycles. The number of allylic oxidation sites excluding steroid dienone is 1. The van der Waals surface area contributed by atoms with Gasteiger partial charge in [0.15, 0.2) is 0 Å². The Morgan fingerprint density at radius 2 is 2.04 bits per heavy atom. The maximum absolute atomic E-state index is 13.9. The van der Waals surface area contributed by atoms with Crippen molar-refractivity contribution in [2.75, 3.05) is 11.9 Å². The van der Waals surface area contributed by atoms with Crippen molar-refractivity contribution in [3.05, 3.63) is 86.0 Å². The molecule has 8 heteroatoms. The molecule has 7 nitrogen and oxygen atoms in total. The summed E-state index contributed by atoms with van der Waals surface area (Å²) in [7, 11) is 2.87. The Kier molecular flexibility index (Phi) is 5.04. The summed E-state index contributed by atoms with van der Waals surface area (Å²) >= 11 is 0. The number of ether oxygens (including phenoxy) is 1. The minimum absolute atomic E-state index is 0.0103. The Morgan fingerprint density at radius 3 is 2.68 bits per heavy atom. The van der Waals surface area contributed by atoms with Crippen molar-refractivity contribution in [1.29, 1.82) is 0 Å². The SMILES string of the molecule is C=CCOC(=O)C1=C(C)Nc2c(c(=O)n(C)c(=O)n2C)[C@H]1c1cccc(F)c1. The lowest BCUT2D eigenvalue weighted by Crippen LogP contribution is -2.43. The molecule has 28 heavy (non-hydrogen) atoms. The predicted octanol–water partition coefficient (Wildman–Crippen LogP) is 1.78. The van der Waals surface area contributed by atoms with Crippen LogP contribution < -0.4 is 16.6 Å². The first kappa shape index (κ1) is 19.3. The first-order valence-electron chi connectivity index (χ1n) is 8.59. The molecule has 0 radical (unpaired) electrons. The van der Waals surface area contributed by atoms with Crippen molar-refractivity contribution in [2.45, 2.75) is 12.8 Å². The van der Waals surface area contributed by atoms with E-state index < -0.39 is 29.0 Å². The van der Waals surface area contributed by atoms with Crippen LogP contribution in [0.1, 0.15) is 24.0 Å². The predicted molar refractivity (Wildman–Crippen MR) is 103 cm³/mol. The molecular weight excluding hydrogens is 365 g/mol. The van der Waals surface area contributed by atoms with Gasteiger partial charge in [-0.25, -0.2) is 14.0 Å². The minimum Gasteiger partial charge on any atom is -0.458 e. The zero-order valence-corrected chi connectivity index (χ0v) is 15.8. The molecule has 0 amide bonds. The molecule has 1 atom stereocenters. The van der Waals surface area contributed by atoms with Crippen molar-refractivity contribution in [1.82, 2.24) is 9.13 Å². The highest BCUT2D eigenvalue weighted by Crippen LogP contribution is 2.40. The van der Waals surface area contributed by atoms with Gasteiger partial charge >= 0.3 is 11.7 Å². The highest BCUT2D eigenvalue weighted by atomic mass is 19.1. The van der Waals surface area contributed by atoms with E-state index in [2.05, 4.69) is 11.9 Å². The number of benzene rings is 1. The minimum atomic E-state index is -0.894. The number of fused-ring (bicyclic) bond motifs is 1. The molecule has 2 heterocycles. The highest BCUT2D eigenvalue weighted by Gasteiger charge is 2.37. The second kappa shape index (κ2) is 7.30. The third-order valence-electron chi connectivity index (χ3n) is 4.72. The molecule has 0 unspecified atom stereocenters. The van der Waals surface area contributed by atoms with Gasteiger partial charge in [0.25, 0.3) is 5.56 Å². The Labute approximate surface area is 160 Å². The van der Waals surface area contributed by atoms with E-state index in [-0.39, 0.29) is 23.6 Å². The summed E-state index contributed by atoms with van der Waals surface area (Å²) in [4.78, 5) is 38.1. The molecule has 1 aromatic heterocycles. The number of aromatic nitrogens is 2. The number of carbonyl (C=O) groups excluding carboxylic acids is 1. The largest absolute Gasteiger partial charge is 0.458 e. The van der Waals surface area contributed by atoms with Gasteiger partial charge in [-0.3, -0.25) is 13.9 Å². The summed E-state index contributed by atoms with van der Waals surface area (Å²) in [6.07, 6.45) is 1.43. The third-order valence-corrected chi connectivity index (χ3v) is 4.72. The molecule has 0 bridgehead atoms. The van der Waals surface area contributed by atoms with Crippen LogP contribution in [0.25, 0.3) is 0 Å². The van der Waals surface area contributed by atoms with Gasteiger partial charge in [0.05, 0.1) is 17.1 Å². The van der Waals surface area contributed by atoms with Crippen molar-refractivity contribution in [3.63, 3.8) is 0 Å². The van der Waals surface area contributed by atoms with Gasteiger partial charge < -0.3 is 10.1 Å². The standard InChI is InChI=1S/C20H20FN3O4/c1-5-9-28-19(26)14-11(2)22-17-16(18(25)24(4)20(27)23(17)3)15(14)12-7-6-8-13(21)10-12/h5-8,10,15,22H,1,9H2,2-4H3/t15-/m0/s1. The maximum Gasteiger partial charge on any atom is 0.337 e. The van der Waals surface area contributed by atoms with E-state index in [0.717, 1.165) is 4.57 Å². The molecule has 146 valence electrons. The number of anilines is 1. The summed E-state index contributed by atoms with van der Waals surface area (Å²) in [5, 5.41) is 2.97. The second-order valence-electron chi connectivity index (χ2n) is 6.51. The van der Waals surface area contributed by atoms with Crippen molar-refractivity contribution in [3.8, 4) is 0 Å². The molecule has 1 aliphatic heterocycles. The Morgan fingerprint density at radius 1 is 1.32 bits per heavy atom. The summed E-state index contributed by atoms with van der Waals surface area (Å²) < 4.78 is 21.4.